The summed E-state index contributed by atoms with van der Waals surface area (Å²) in [4.78, 5) is 23.7. The third kappa shape index (κ3) is 5.19. The lowest BCUT2D eigenvalue weighted by atomic mass is 10.1. The van der Waals surface area contributed by atoms with Gasteiger partial charge in [-0.1, -0.05) is 18.2 Å². The summed E-state index contributed by atoms with van der Waals surface area (Å²) in [5.41, 5.74) is -0.212. The van der Waals surface area contributed by atoms with Gasteiger partial charge in [0.15, 0.2) is 12.4 Å². The fourth-order valence-corrected chi connectivity index (χ4v) is 2.54. The highest BCUT2D eigenvalue weighted by Gasteiger charge is 2.30. The predicted octanol–water partition coefficient (Wildman–Crippen LogP) is 4.34. The van der Waals surface area contributed by atoms with Crippen LogP contribution in [0.3, 0.4) is 0 Å². The van der Waals surface area contributed by atoms with Gasteiger partial charge in [0.1, 0.15) is 11.5 Å². The van der Waals surface area contributed by atoms with Crippen LogP contribution in [0, 0.1) is 0 Å². The van der Waals surface area contributed by atoms with E-state index in [4.69, 9.17) is 9.15 Å². The highest BCUT2D eigenvalue weighted by atomic mass is 19.4. The highest BCUT2D eigenvalue weighted by Crippen LogP contribution is 2.32. The van der Waals surface area contributed by atoms with Gasteiger partial charge < -0.3 is 19.8 Å². The fraction of sp³-hybridized carbons (Fsp3) is 0.143. The fourth-order valence-electron chi connectivity index (χ4n) is 2.54. The van der Waals surface area contributed by atoms with Crippen molar-refractivity contribution in [3.63, 3.8) is 0 Å². The second-order valence-corrected chi connectivity index (χ2v) is 6.19. The van der Waals surface area contributed by atoms with Crippen LogP contribution >= 0.6 is 0 Å². The highest BCUT2D eigenvalue weighted by molar-refractivity contribution is 6.02. The number of hydrogen-bond acceptors (Lipinski definition) is 4. The van der Waals surface area contributed by atoms with Crippen LogP contribution in [-0.2, 0) is 11.0 Å². The first-order valence-electron chi connectivity index (χ1n) is 8.78. The molecular weight excluding hydrogens is 401 g/mol. The summed E-state index contributed by atoms with van der Waals surface area (Å²) in [5.74, 6) is -0.452. The first-order chi connectivity index (χ1) is 14.3. The number of rotatable bonds is 6. The molecule has 3 aromatic rings. The van der Waals surface area contributed by atoms with E-state index in [-0.39, 0.29) is 29.6 Å². The Morgan fingerprint density at radius 2 is 1.80 bits per heavy atom. The summed E-state index contributed by atoms with van der Waals surface area (Å²) in [6, 6.07) is 13.8. The van der Waals surface area contributed by atoms with Crippen molar-refractivity contribution in [2.24, 2.45) is 0 Å². The molecule has 3 rings (SSSR count). The van der Waals surface area contributed by atoms with E-state index in [1.54, 1.807) is 18.2 Å². The molecule has 9 heteroatoms. The molecule has 0 saturated heterocycles. The minimum absolute atomic E-state index is 0.0703. The Bertz CT molecular complexity index is 1060. The zero-order valence-electron chi connectivity index (χ0n) is 15.7. The second kappa shape index (κ2) is 8.73. The summed E-state index contributed by atoms with van der Waals surface area (Å²) in [6.07, 6.45) is -4.48. The number of nitrogens with one attached hydrogen (secondary N) is 2. The van der Waals surface area contributed by atoms with Crippen molar-refractivity contribution in [2.45, 2.75) is 6.18 Å². The van der Waals surface area contributed by atoms with Crippen molar-refractivity contribution in [1.29, 1.82) is 0 Å². The van der Waals surface area contributed by atoms with E-state index in [0.29, 0.717) is 11.4 Å². The number of halogens is 3. The van der Waals surface area contributed by atoms with E-state index in [9.17, 15) is 22.8 Å². The number of likely N-dealkylation sites (N-methyl/N-ethyl adjacent to an activating group) is 1. The summed E-state index contributed by atoms with van der Waals surface area (Å²) in [7, 11) is 1.49. The normalized spacial score (nSPS) is 11.1. The Morgan fingerprint density at radius 3 is 2.53 bits per heavy atom. The van der Waals surface area contributed by atoms with E-state index < -0.39 is 17.6 Å². The third-order valence-corrected chi connectivity index (χ3v) is 4.04. The van der Waals surface area contributed by atoms with Gasteiger partial charge in [0.05, 0.1) is 5.56 Å². The Kier molecular flexibility index (Phi) is 6.10. The van der Waals surface area contributed by atoms with Crippen LogP contribution in [0.5, 0.6) is 5.75 Å². The number of carbonyl (C=O) groups is 2. The molecular formula is C21H17F3N2O4. The number of hydrogen-bond donors (Lipinski definition) is 2. The molecule has 0 aliphatic heterocycles. The largest absolute Gasteiger partial charge is 0.484 e. The Balaban J connectivity index is 1.71. The second-order valence-electron chi connectivity index (χ2n) is 6.19. The SMILES string of the molecule is CNC(=O)COc1cccc(NC(=O)c2ccc(-c3cccc(C(F)(F)F)c3)o2)c1. The topological polar surface area (TPSA) is 80.6 Å². The maximum Gasteiger partial charge on any atom is 0.416 e. The number of furan rings is 1. The smallest absolute Gasteiger partial charge is 0.416 e. The van der Waals surface area contributed by atoms with Gasteiger partial charge in [-0.2, -0.15) is 13.2 Å². The molecule has 2 N–H and O–H groups in total. The van der Waals surface area contributed by atoms with Crippen LogP contribution < -0.4 is 15.4 Å². The van der Waals surface area contributed by atoms with Crippen LogP contribution in [0.15, 0.2) is 65.1 Å². The lowest BCUT2D eigenvalue weighted by Crippen LogP contribution is -2.24. The maximum atomic E-state index is 12.9. The molecule has 0 fully saturated rings. The third-order valence-electron chi connectivity index (χ3n) is 4.04. The number of amides is 2. The standard InChI is InChI=1S/C21H17F3N2O4/c1-25-19(27)12-29-16-7-3-6-15(11-16)26-20(28)18-9-8-17(30-18)13-4-2-5-14(10-13)21(22,23)24/h2-11H,12H2,1H3,(H,25,27)(H,26,28). The van der Waals surface area contributed by atoms with Crippen molar-refractivity contribution in [1.82, 2.24) is 5.32 Å². The average molecular weight is 418 g/mol. The molecule has 0 radical (unpaired) electrons. The molecule has 1 heterocycles. The molecule has 0 unspecified atom stereocenters. The molecule has 2 amide bonds. The van der Waals surface area contributed by atoms with E-state index in [1.165, 1.54) is 37.4 Å². The molecule has 1 aromatic heterocycles. The lowest BCUT2D eigenvalue weighted by Gasteiger charge is -2.08. The van der Waals surface area contributed by atoms with Crippen LogP contribution in [0.1, 0.15) is 16.1 Å². The average Bonchev–Trinajstić information content (AvgIpc) is 3.22. The summed E-state index contributed by atoms with van der Waals surface area (Å²) in [6.45, 7) is -0.174. The summed E-state index contributed by atoms with van der Waals surface area (Å²) < 4.78 is 49.4. The van der Waals surface area contributed by atoms with E-state index in [1.807, 2.05) is 0 Å². The zero-order chi connectivity index (χ0) is 21.7. The summed E-state index contributed by atoms with van der Waals surface area (Å²) in [5, 5.41) is 5.03. The van der Waals surface area contributed by atoms with Crippen molar-refractivity contribution in [3.05, 3.63) is 72.0 Å². The molecule has 0 atom stereocenters. The van der Waals surface area contributed by atoms with Crippen LogP contribution in [-0.4, -0.2) is 25.5 Å². The van der Waals surface area contributed by atoms with Crippen LogP contribution in [0.2, 0.25) is 0 Å². The first kappa shape index (κ1) is 21.0. The maximum absolute atomic E-state index is 12.9. The molecule has 156 valence electrons. The van der Waals surface area contributed by atoms with E-state index >= 15 is 0 Å². The van der Waals surface area contributed by atoms with E-state index in [2.05, 4.69) is 10.6 Å². The number of benzene rings is 2. The number of ether oxygens (including phenoxy) is 1. The number of anilines is 1. The summed E-state index contributed by atoms with van der Waals surface area (Å²) >= 11 is 0. The molecule has 0 aliphatic rings. The molecule has 0 saturated carbocycles. The van der Waals surface area contributed by atoms with Crippen molar-refractivity contribution < 1.29 is 31.9 Å². The molecule has 0 spiro atoms. The number of carbonyl (C=O) groups excluding carboxylic acids is 2. The van der Waals surface area contributed by atoms with E-state index in [0.717, 1.165) is 12.1 Å². The van der Waals surface area contributed by atoms with Crippen molar-refractivity contribution in [3.8, 4) is 17.1 Å². The minimum atomic E-state index is -4.48. The number of alkyl halides is 3. The van der Waals surface area contributed by atoms with Gasteiger partial charge in [-0.15, -0.1) is 0 Å². The monoisotopic (exact) mass is 418 g/mol. The molecule has 2 aromatic carbocycles. The first-order valence-corrected chi connectivity index (χ1v) is 8.78. The van der Waals surface area contributed by atoms with Crippen LogP contribution in [0.25, 0.3) is 11.3 Å². The zero-order valence-corrected chi connectivity index (χ0v) is 15.7. The predicted molar refractivity (Wildman–Crippen MR) is 103 cm³/mol. The Labute approximate surface area is 169 Å². The molecule has 30 heavy (non-hydrogen) atoms. The Hall–Kier alpha value is -3.75. The van der Waals surface area contributed by atoms with Gasteiger partial charge in [0.2, 0.25) is 0 Å². The van der Waals surface area contributed by atoms with Gasteiger partial charge in [0, 0.05) is 24.4 Å². The quantitative estimate of drug-likeness (QED) is 0.624. The van der Waals surface area contributed by atoms with Crippen molar-refractivity contribution in [2.75, 3.05) is 19.0 Å². The lowest BCUT2D eigenvalue weighted by molar-refractivity contribution is -0.137. The van der Waals surface area contributed by atoms with Gasteiger partial charge in [-0.05, 0) is 36.4 Å². The van der Waals surface area contributed by atoms with Crippen LogP contribution in [0.4, 0.5) is 18.9 Å². The van der Waals surface area contributed by atoms with Gasteiger partial charge in [-0.3, -0.25) is 9.59 Å². The molecule has 0 bridgehead atoms. The van der Waals surface area contributed by atoms with Gasteiger partial charge >= 0.3 is 6.18 Å². The van der Waals surface area contributed by atoms with Gasteiger partial charge in [-0.25, -0.2) is 0 Å². The Morgan fingerprint density at radius 1 is 1.03 bits per heavy atom. The molecule has 6 nitrogen and oxygen atoms in total. The van der Waals surface area contributed by atoms with Gasteiger partial charge in [0.25, 0.3) is 11.8 Å². The minimum Gasteiger partial charge on any atom is -0.484 e. The molecule has 0 aliphatic carbocycles. The van der Waals surface area contributed by atoms with Crippen molar-refractivity contribution >= 4 is 17.5 Å².